The van der Waals surface area contributed by atoms with Crippen molar-refractivity contribution in [1.82, 2.24) is 9.55 Å². The largest absolute Gasteiger partial charge is 0.394 e. The Labute approximate surface area is 156 Å². The van der Waals surface area contributed by atoms with Crippen LogP contribution >= 0.6 is 0 Å². The zero-order chi connectivity index (χ0) is 19.8. The quantitative estimate of drug-likeness (QED) is 0.664. The fraction of sp³-hybridized carbons (Fsp3) is 0.412. The van der Waals surface area contributed by atoms with Crippen LogP contribution in [0.4, 0.5) is 5.95 Å². The summed E-state index contributed by atoms with van der Waals surface area (Å²) in [5.41, 5.74) is 0.617. The van der Waals surface area contributed by atoms with Crippen molar-refractivity contribution in [3.8, 4) is 0 Å². The molecule has 0 bridgehead atoms. The Balaban J connectivity index is 1.99. The summed E-state index contributed by atoms with van der Waals surface area (Å²) in [6.45, 7) is 3.00. The molecule has 0 spiro atoms. The van der Waals surface area contributed by atoms with Crippen molar-refractivity contribution in [2.75, 3.05) is 11.3 Å². The molecule has 1 fully saturated rings. The fourth-order valence-corrected chi connectivity index (χ4v) is 3.81. The van der Waals surface area contributed by atoms with E-state index < -0.39 is 34.0 Å². The minimum atomic E-state index is -3.98. The number of aliphatic hydroxyl groups excluding tert-OH is 2. The van der Waals surface area contributed by atoms with Gasteiger partial charge in [-0.25, -0.2) is 13.1 Å². The average Bonchev–Trinajstić information content (AvgIpc) is 2.98. The van der Waals surface area contributed by atoms with Crippen LogP contribution in [0.15, 0.2) is 40.2 Å². The molecular formula is C17H21N3O6S. The minimum absolute atomic E-state index is 0.0232. The van der Waals surface area contributed by atoms with Crippen molar-refractivity contribution in [2.24, 2.45) is 0 Å². The molecule has 1 aromatic heterocycles. The summed E-state index contributed by atoms with van der Waals surface area (Å²) in [6.07, 6.45) is -0.953. The van der Waals surface area contributed by atoms with Crippen LogP contribution < -0.4 is 10.3 Å². The van der Waals surface area contributed by atoms with Gasteiger partial charge < -0.3 is 14.9 Å². The Hall–Kier alpha value is -2.27. The van der Waals surface area contributed by atoms with Crippen LogP contribution in [0.5, 0.6) is 0 Å². The topological polar surface area (TPSA) is 131 Å². The van der Waals surface area contributed by atoms with E-state index in [1.165, 1.54) is 22.9 Å². The van der Waals surface area contributed by atoms with Crippen LogP contribution in [-0.2, 0) is 14.8 Å². The van der Waals surface area contributed by atoms with Crippen LogP contribution in [0.25, 0.3) is 0 Å². The molecule has 0 saturated carbocycles. The first kappa shape index (κ1) is 19.5. The van der Waals surface area contributed by atoms with Gasteiger partial charge in [0.1, 0.15) is 12.3 Å². The first-order valence-corrected chi connectivity index (χ1v) is 9.83. The van der Waals surface area contributed by atoms with Gasteiger partial charge in [-0.1, -0.05) is 17.7 Å². The summed E-state index contributed by atoms with van der Waals surface area (Å²) in [6, 6.07) is 6.22. The van der Waals surface area contributed by atoms with Crippen molar-refractivity contribution in [2.45, 2.75) is 43.6 Å². The highest BCUT2D eigenvalue weighted by Crippen LogP contribution is 2.30. The molecule has 27 heavy (non-hydrogen) atoms. The maximum Gasteiger partial charge on any atom is 0.277 e. The second-order valence-corrected chi connectivity index (χ2v) is 8.18. The maximum absolute atomic E-state index is 12.7. The first-order valence-electron chi connectivity index (χ1n) is 8.35. The van der Waals surface area contributed by atoms with Gasteiger partial charge in [0.05, 0.1) is 17.6 Å². The van der Waals surface area contributed by atoms with Gasteiger partial charge in [-0.05, 0) is 26.0 Å². The standard InChI is InChI=1S/C17H21N3O6S/c1-10-3-5-12(6-4-10)27(24,25)19-17-18-16(23)11(2)8-20(17)15-7-13(22)14(9-21)26-15/h3-6,8,13-15,21-22H,7,9H2,1-2H3,(H,18,19,23)/t13-,14-,15-/m1/s1. The van der Waals surface area contributed by atoms with E-state index in [2.05, 4.69) is 9.71 Å². The third-order valence-corrected chi connectivity index (χ3v) is 5.72. The zero-order valence-corrected chi connectivity index (χ0v) is 15.7. The number of hydrogen-bond acceptors (Lipinski definition) is 7. The summed E-state index contributed by atoms with van der Waals surface area (Å²) >= 11 is 0. The second kappa shape index (κ2) is 7.39. The van der Waals surface area contributed by atoms with Crippen molar-refractivity contribution in [3.63, 3.8) is 0 Å². The van der Waals surface area contributed by atoms with Crippen LogP contribution in [0.2, 0.25) is 0 Å². The number of sulfonamides is 1. The van der Waals surface area contributed by atoms with Crippen molar-refractivity contribution in [1.29, 1.82) is 0 Å². The molecule has 10 heteroatoms. The van der Waals surface area contributed by atoms with Gasteiger partial charge in [0.2, 0.25) is 5.95 Å². The Kier molecular flexibility index (Phi) is 5.33. The number of aliphatic hydroxyl groups is 2. The molecule has 0 aliphatic carbocycles. The zero-order valence-electron chi connectivity index (χ0n) is 14.9. The predicted octanol–water partition coefficient (Wildman–Crippen LogP) is 0.302. The Morgan fingerprint density at radius 2 is 1.96 bits per heavy atom. The highest BCUT2D eigenvalue weighted by Gasteiger charge is 2.35. The number of anilines is 1. The van der Waals surface area contributed by atoms with Gasteiger partial charge in [-0.15, -0.1) is 0 Å². The molecule has 1 aromatic carbocycles. The summed E-state index contributed by atoms with van der Waals surface area (Å²) < 4.78 is 34.6. The number of nitrogens with one attached hydrogen (secondary N) is 1. The number of aromatic nitrogens is 2. The molecule has 0 radical (unpaired) electrons. The number of benzene rings is 1. The molecule has 3 atom stereocenters. The molecule has 1 saturated heterocycles. The normalized spacial score (nSPS) is 22.7. The molecule has 9 nitrogen and oxygen atoms in total. The van der Waals surface area contributed by atoms with E-state index in [9.17, 15) is 23.4 Å². The van der Waals surface area contributed by atoms with E-state index in [-0.39, 0.29) is 23.9 Å². The number of aryl methyl sites for hydroxylation is 2. The number of ether oxygens (including phenoxy) is 1. The van der Waals surface area contributed by atoms with Crippen molar-refractivity contribution in [3.05, 3.63) is 51.9 Å². The van der Waals surface area contributed by atoms with Crippen molar-refractivity contribution < 1.29 is 23.4 Å². The molecule has 3 N–H and O–H groups in total. The monoisotopic (exact) mass is 395 g/mol. The van der Waals surface area contributed by atoms with Crippen LogP contribution in [0.3, 0.4) is 0 Å². The first-order chi connectivity index (χ1) is 12.7. The predicted molar refractivity (Wildman–Crippen MR) is 96.8 cm³/mol. The van der Waals surface area contributed by atoms with E-state index in [0.29, 0.717) is 5.56 Å². The Morgan fingerprint density at radius 3 is 2.56 bits per heavy atom. The van der Waals surface area contributed by atoms with E-state index in [0.717, 1.165) is 5.56 Å². The summed E-state index contributed by atoms with van der Waals surface area (Å²) in [4.78, 5) is 15.8. The molecule has 3 rings (SSSR count). The molecular weight excluding hydrogens is 374 g/mol. The number of nitrogens with zero attached hydrogens (tertiary/aromatic N) is 2. The molecule has 2 heterocycles. The lowest BCUT2D eigenvalue weighted by Crippen LogP contribution is -2.26. The molecule has 2 aromatic rings. The van der Waals surface area contributed by atoms with E-state index in [4.69, 9.17) is 4.74 Å². The van der Waals surface area contributed by atoms with E-state index in [1.54, 1.807) is 19.1 Å². The number of hydrogen-bond donors (Lipinski definition) is 3. The van der Waals surface area contributed by atoms with Gasteiger partial charge in [0, 0.05) is 18.2 Å². The second-order valence-electron chi connectivity index (χ2n) is 6.49. The van der Waals surface area contributed by atoms with Crippen molar-refractivity contribution >= 4 is 16.0 Å². The smallest absolute Gasteiger partial charge is 0.277 e. The molecule has 146 valence electrons. The molecule has 0 unspecified atom stereocenters. The van der Waals surface area contributed by atoms with Crippen LogP contribution in [0.1, 0.15) is 23.8 Å². The highest BCUT2D eigenvalue weighted by atomic mass is 32.2. The lowest BCUT2D eigenvalue weighted by Gasteiger charge is -2.20. The molecule has 0 amide bonds. The molecule has 1 aliphatic rings. The Morgan fingerprint density at radius 1 is 1.30 bits per heavy atom. The third-order valence-electron chi connectivity index (χ3n) is 4.37. The molecule has 1 aliphatic heterocycles. The average molecular weight is 395 g/mol. The highest BCUT2D eigenvalue weighted by molar-refractivity contribution is 7.92. The minimum Gasteiger partial charge on any atom is -0.394 e. The van der Waals surface area contributed by atoms with Gasteiger partial charge in [0.15, 0.2) is 0 Å². The van der Waals surface area contributed by atoms with Crippen LogP contribution in [-0.4, -0.2) is 47.0 Å². The lowest BCUT2D eigenvalue weighted by atomic mass is 10.2. The van der Waals surface area contributed by atoms with E-state index in [1.807, 2.05) is 6.92 Å². The summed E-state index contributed by atoms with van der Waals surface area (Å²) in [5.74, 6) is -0.220. The third kappa shape index (κ3) is 4.03. The Bertz CT molecular complexity index is 987. The van der Waals surface area contributed by atoms with Gasteiger partial charge in [0.25, 0.3) is 15.6 Å². The lowest BCUT2D eigenvalue weighted by molar-refractivity contribution is -0.0440. The summed E-state index contributed by atoms with van der Waals surface area (Å²) in [5, 5.41) is 19.2. The maximum atomic E-state index is 12.7. The van der Waals surface area contributed by atoms with Crippen LogP contribution in [0, 0.1) is 13.8 Å². The SMILES string of the molecule is Cc1ccc(S(=O)(=O)Nc2nc(=O)c(C)cn2[C@H]2C[C@@H](O)[C@@H](CO)O2)cc1. The summed E-state index contributed by atoms with van der Waals surface area (Å²) in [7, 11) is -3.98. The van der Waals surface area contributed by atoms with E-state index >= 15 is 0 Å². The van der Waals surface area contributed by atoms with Gasteiger partial charge in [-0.2, -0.15) is 4.98 Å². The fourth-order valence-electron chi connectivity index (χ4n) is 2.81. The number of rotatable bonds is 5. The van der Waals surface area contributed by atoms with Gasteiger partial charge in [-0.3, -0.25) is 9.36 Å². The van der Waals surface area contributed by atoms with Gasteiger partial charge >= 0.3 is 0 Å².